The average molecular weight is 256 g/mol. The number of hydrogen-bond acceptors (Lipinski definition) is 3. The Kier molecular flexibility index (Phi) is 4.00. The fourth-order valence-corrected chi connectivity index (χ4v) is 1.85. The van der Waals surface area contributed by atoms with Crippen molar-refractivity contribution in [2.75, 3.05) is 25.1 Å². The van der Waals surface area contributed by atoms with Crippen molar-refractivity contribution in [3.05, 3.63) is 17.2 Å². The van der Waals surface area contributed by atoms with Gasteiger partial charge < -0.3 is 14.8 Å². The Labute approximate surface area is 107 Å². The van der Waals surface area contributed by atoms with Crippen molar-refractivity contribution in [2.45, 2.75) is 20.3 Å². The summed E-state index contributed by atoms with van der Waals surface area (Å²) in [5.74, 6) is 2.13. The summed E-state index contributed by atoms with van der Waals surface area (Å²) in [6, 6.07) is 3.73. The zero-order valence-electron chi connectivity index (χ0n) is 10.3. The van der Waals surface area contributed by atoms with E-state index in [-0.39, 0.29) is 0 Å². The quantitative estimate of drug-likeness (QED) is 0.892. The molecule has 0 bridgehead atoms. The van der Waals surface area contributed by atoms with Crippen molar-refractivity contribution in [3.8, 4) is 11.5 Å². The topological polar surface area (TPSA) is 30.5 Å². The van der Waals surface area contributed by atoms with Gasteiger partial charge in [0, 0.05) is 18.7 Å². The zero-order chi connectivity index (χ0) is 12.3. The first kappa shape index (κ1) is 12.4. The van der Waals surface area contributed by atoms with Gasteiger partial charge in [0.2, 0.25) is 0 Å². The van der Waals surface area contributed by atoms with E-state index in [2.05, 4.69) is 19.2 Å². The van der Waals surface area contributed by atoms with E-state index >= 15 is 0 Å². The molecule has 0 aliphatic carbocycles. The van der Waals surface area contributed by atoms with Crippen LogP contribution in [0.15, 0.2) is 12.1 Å². The molecule has 3 nitrogen and oxygen atoms in total. The summed E-state index contributed by atoms with van der Waals surface area (Å²) in [5, 5.41) is 4.02. The van der Waals surface area contributed by atoms with Crippen molar-refractivity contribution < 1.29 is 9.47 Å². The van der Waals surface area contributed by atoms with Crippen molar-refractivity contribution in [1.29, 1.82) is 0 Å². The molecule has 17 heavy (non-hydrogen) atoms. The summed E-state index contributed by atoms with van der Waals surface area (Å²) >= 11 is 6.19. The number of nitrogens with one attached hydrogen (secondary N) is 1. The summed E-state index contributed by atoms with van der Waals surface area (Å²) in [7, 11) is 0. The fourth-order valence-electron chi connectivity index (χ4n) is 1.63. The third kappa shape index (κ3) is 2.97. The second-order valence-electron chi connectivity index (χ2n) is 4.37. The Hall–Kier alpha value is -1.09. The van der Waals surface area contributed by atoms with Gasteiger partial charge in [0.15, 0.2) is 11.5 Å². The molecule has 1 N–H and O–H groups in total. The van der Waals surface area contributed by atoms with Gasteiger partial charge in [-0.25, -0.2) is 0 Å². The molecule has 0 saturated heterocycles. The van der Waals surface area contributed by atoms with Crippen LogP contribution in [0.25, 0.3) is 0 Å². The SMILES string of the molecule is CCC(C)CNc1cc2c(cc1Cl)OCCO2. The van der Waals surface area contributed by atoms with Crippen LogP contribution in [0.5, 0.6) is 11.5 Å². The van der Waals surface area contributed by atoms with Crippen LogP contribution in [-0.2, 0) is 0 Å². The van der Waals surface area contributed by atoms with Crippen LogP contribution < -0.4 is 14.8 Å². The van der Waals surface area contributed by atoms with E-state index in [0.717, 1.165) is 30.2 Å². The molecule has 1 heterocycles. The van der Waals surface area contributed by atoms with Gasteiger partial charge in [0.25, 0.3) is 0 Å². The van der Waals surface area contributed by atoms with E-state index in [0.29, 0.717) is 24.2 Å². The minimum absolute atomic E-state index is 0.586. The molecule has 1 aliphatic heterocycles. The number of halogens is 1. The van der Waals surface area contributed by atoms with Crippen LogP contribution in [0.2, 0.25) is 5.02 Å². The van der Waals surface area contributed by atoms with Crippen molar-refractivity contribution >= 4 is 17.3 Å². The lowest BCUT2D eigenvalue weighted by Gasteiger charge is -2.20. The van der Waals surface area contributed by atoms with Crippen LogP contribution in [0.1, 0.15) is 20.3 Å². The highest BCUT2D eigenvalue weighted by Crippen LogP contribution is 2.37. The minimum Gasteiger partial charge on any atom is -0.486 e. The van der Waals surface area contributed by atoms with Gasteiger partial charge in [0.1, 0.15) is 13.2 Å². The normalized spacial score (nSPS) is 15.5. The largest absolute Gasteiger partial charge is 0.486 e. The molecule has 0 aromatic heterocycles. The Balaban J connectivity index is 2.11. The van der Waals surface area contributed by atoms with Crippen LogP contribution in [0, 0.1) is 5.92 Å². The number of benzene rings is 1. The summed E-state index contributed by atoms with van der Waals surface area (Å²) in [6.45, 7) is 6.48. The van der Waals surface area contributed by atoms with Gasteiger partial charge in [-0.2, -0.15) is 0 Å². The molecule has 0 radical (unpaired) electrons. The van der Waals surface area contributed by atoms with E-state index in [4.69, 9.17) is 21.1 Å². The highest BCUT2D eigenvalue weighted by Gasteiger charge is 2.15. The van der Waals surface area contributed by atoms with Crippen molar-refractivity contribution in [1.82, 2.24) is 0 Å². The first-order valence-corrected chi connectivity index (χ1v) is 6.41. The predicted molar refractivity (Wildman–Crippen MR) is 70.4 cm³/mol. The van der Waals surface area contributed by atoms with Gasteiger partial charge in [-0.05, 0) is 5.92 Å². The first-order chi connectivity index (χ1) is 8.20. The van der Waals surface area contributed by atoms with Crippen LogP contribution in [0.3, 0.4) is 0 Å². The highest BCUT2D eigenvalue weighted by molar-refractivity contribution is 6.33. The molecular weight excluding hydrogens is 238 g/mol. The molecule has 0 amide bonds. The summed E-state index contributed by atoms with van der Waals surface area (Å²) in [4.78, 5) is 0. The molecule has 1 aromatic rings. The molecule has 4 heteroatoms. The van der Waals surface area contributed by atoms with Gasteiger partial charge >= 0.3 is 0 Å². The lowest BCUT2D eigenvalue weighted by atomic mass is 10.1. The van der Waals surface area contributed by atoms with E-state index in [9.17, 15) is 0 Å². The summed E-state index contributed by atoms with van der Waals surface area (Å²) < 4.78 is 11.0. The third-order valence-electron chi connectivity index (χ3n) is 2.97. The van der Waals surface area contributed by atoms with E-state index < -0.39 is 0 Å². The number of ether oxygens (including phenoxy) is 2. The lowest BCUT2D eigenvalue weighted by molar-refractivity contribution is 0.171. The van der Waals surface area contributed by atoms with Crippen molar-refractivity contribution in [3.63, 3.8) is 0 Å². The summed E-state index contributed by atoms with van der Waals surface area (Å²) in [6.07, 6.45) is 1.15. The predicted octanol–water partition coefficient (Wildman–Crippen LogP) is 3.57. The zero-order valence-corrected chi connectivity index (χ0v) is 11.0. The highest BCUT2D eigenvalue weighted by atomic mass is 35.5. The standard InChI is InChI=1S/C13H18ClNO2/c1-3-9(2)8-15-11-7-13-12(6-10(11)14)16-4-5-17-13/h6-7,9,15H,3-5,8H2,1-2H3. The van der Waals surface area contributed by atoms with E-state index in [1.807, 2.05) is 12.1 Å². The smallest absolute Gasteiger partial charge is 0.163 e. The van der Waals surface area contributed by atoms with Gasteiger partial charge in [-0.1, -0.05) is 31.9 Å². The number of anilines is 1. The monoisotopic (exact) mass is 255 g/mol. The Bertz CT molecular complexity index is 395. The Morgan fingerprint density at radius 3 is 2.59 bits per heavy atom. The number of rotatable bonds is 4. The maximum absolute atomic E-state index is 6.19. The number of hydrogen-bond donors (Lipinski definition) is 1. The first-order valence-electron chi connectivity index (χ1n) is 6.03. The van der Waals surface area contributed by atoms with E-state index in [1.165, 1.54) is 0 Å². The second kappa shape index (κ2) is 5.50. The molecule has 1 atom stereocenters. The van der Waals surface area contributed by atoms with Gasteiger partial charge in [-0.15, -0.1) is 0 Å². The molecule has 0 fully saturated rings. The Morgan fingerprint density at radius 1 is 1.29 bits per heavy atom. The fraction of sp³-hybridized carbons (Fsp3) is 0.538. The average Bonchev–Trinajstić information content (AvgIpc) is 2.35. The van der Waals surface area contributed by atoms with Crippen LogP contribution in [0.4, 0.5) is 5.69 Å². The maximum Gasteiger partial charge on any atom is 0.163 e. The molecule has 0 spiro atoms. The molecule has 1 aromatic carbocycles. The molecule has 1 unspecified atom stereocenters. The third-order valence-corrected chi connectivity index (χ3v) is 3.28. The van der Waals surface area contributed by atoms with Crippen LogP contribution >= 0.6 is 11.6 Å². The molecular formula is C13H18ClNO2. The van der Waals surface area contributed by atoms with E-state index in [1.54, 1.807) is 0 Å². The van der Waals surface area contributed by atoms with Gasteiger partial charge in [-0.3, -0.25) is 0 Å². The lowest BCUT2D eigenvalue weighted by Crippen LogP contribution is -2.16. The molecule has 1 aliphatic rings. The van der Waals surface area contributed by atoms with Crippen LogP contribution in [-0.4, -0.2) is 19.8 Å². The minimum atomic E-state index is 0.586. The number of fused-ring (bicyclic) bond motifs is 1. The van der Waals surface area contributed by atoms with Crippen molar-refractivity contribution in [2.24, 2.45) is 5.92 Å². The summed E-state index contributed by atoms with van der Waals surface area (Å²) in [5.41, 5.74) is 0.913. The second-order valence-corrected chi connectivity index (χ2v) is 4.78. The Morgan fingerprint density at radius 2 is 1.94 bits per heavy atom. The van der Waals surface area contributed by atoms with Gasteiger partial charge in [0.05, 0.1) is 10.7 Å². The maximum atomic E-state index is 6.19. The molecule has 0 saturated carbocycles. The molecule has 2 rings (SSSR count). The molecule has 94 valence electrons.